The van der Waals surface area contributed by atoms with Gasteiger partial charge in [0.2, 0.25) is 5.91 Å². The number of alkyl halides is 1. The zero-order valence-electron chi connectivity index (χ0n) is 6.30. The highest BCUT2D eigenvalue weighted by Gasteiger charge is 2.36. The SMILES string of the molecule is CC1C(=O)NC(=O)N(C)C1F. The third kappa shape index (κ3) is 1.18. The average Bonchev–Trinajstić information content (AvgIpc) is 1.97. The molecule has 1 N–H and O–H groups in total. The van der Waals surface area contributed by atoms with E-state index in [1.807, 2.05) is 5.32 Å². The molecule has 0 saturated carbocycles. The summed E-state index contributed by atoms with van der Waals surface area (Å²) in [5.41, 5.74) is 0. The molecule has 0 radical (unpaired) electrons. The van der Waals surface area contributed by atoms with E-state index in [9.17, 15) is 14.0 Å². The highest BCUT2D eigenvalue weighted by atomic mass is 19.1. The van der Waals surface area contributed by atoms with E-state index in [1.165, 1.54) is 14.0 Å². The number of amides is 3. The van der Waals surface area contributed by atoms with Gasteiger partial charge in [-0.15, -0.1) is 0 Å². The molecule has 11 heavy (non-hydrogen) atoms. The van der Waals surface area contributed by atoms with Crippen LogP contribution >= 0.6 is 0 Å². The zero-order valence-corrected chi connectivity index (χ0v) is 6.30. The number of imide groups is 1. The second kappa shape index (κ2) is 2.48. The van der Waals surface area contributed by atoms with E-state index in [0.29, 0.717) is 0 Å². The first kappa shape index (κ1) is 7.97. The minimum Gasteiger partial charge on any atom is -0.296 e. The number of hydrogen-bond donors (Lipinski definition) is 1. The number of hydrogen-bond acceptors (Lipinski definition) is 2. The molecule has 2 atom stereocenters. The van der Waals surface area contributed by atoms with Crippen LogP contribution in [-0.2, 0) is 4.79 Å². The van der Waals surface area contributed by atoms with Crippen LogP contribution in [0.5, 0.6) is 0 Å². The predicted octanol–water partition coefficient (Wildman–Crippen LogP) is 0.0997. The Morgan fingerprint density at radius 1 is 1.55 bits per heavy atom. The number of carbonyl (C=O) groups excluding carboxylic acids is 2. The van der Waals surface area contributed by atoms with Gasteiger partial charge in [-0.25, -0.2) is 9.18 Å². The maximum atomic E-state index is 12.9. The van der Waals surface area contributed by atoms with Crippen molar-refractivity contribution < 1.29 is 14.0 Å². The zero-order chi connectivity index (χ0) is 8.59. The van der Waals surface area contributed by atoms with E-state index >= 15 is 0 Å². The summed E-state index contributed by atoms with van der Waals surface area (Å²) in [6, 6.07) is -0.680. The molecule has 62 valence electrons. The molecule has 1 aliphatic rings. The fourth-order valence-corrected chi connectivity index (χ4v) is 0.880. The van der Waals surface area contributed by atoms with Crippen LogP contribution in [0.25, 0.3) is 0 Å². The summed E-state index contributed by atoms with van der Waals surface area (Å²) in [6.45, 7) is 1.43. The Labute approximate surface area is 63.4 Å². The van der Waals surface area contributed by atoms with Gasteiger partial charge in [-0.2, -0.15) is 0 Å². The molecule has 1 saturated heterocycles. The van der Waals surface area contributed by atoms with Crippen molar-refractivity contribution in [3.8, 4) is 0 Å². The van der Waals surface area contributed by atoms with Gasteiger partial charge in [-0.1, -0.05) is 0 Å². The van der Waals surface area contributed by atoms with Crippen molar-refractivity contribution >= 4 is 11.9 Å². The van der Waals surface area contributed by atoms with Gasteiger partial charge >= 0.3 is 6.03 Å². The summed E-state index contributed by atoms with van der Waals surface area (Å²) in [5.74, 6) is -1.33. The van der Waals surface area contributed by atoms with E-state index in [-0.39, 0.29) is 0 Å². The Balaban J connectivity index is 2.78. The molecule has 0 aromatic heterocycles. The number of urea groups is 1. The topological polar surface area (TPSA) is 49.4 Å². The molecule has 1 rings (SSSR count). The highest BCUT2D eigenvalue weighted by molar-refractivity contribution is 5.97. The smallest absolute Gasteiger partial charge is 0.296 e. The van der Waals surface area contributed by atoms with Crippen molar-refractivity contribution in [2.75, 3.05) is 7.05 Å². The average molecular weight is 160 g/mol. The summed E-state index contributed by atoms with van der Waals surface area (Å²) in [4.78, 5) is 22.3. The van der Waals surface area contributed by atoms with Crippen LogP contribution in [0.3, 0.4) is 0 Å². The van der Waals surface area contributed by atoms with Crippen LogP contribution in [-0.4, -0.2) is 30.2 Å². The molecule has 0 aromatic rings. The molecular formula is C6H9FN2O2. The Bertz CT molecular complexity index is 187. The predicted molar refractivity (Wildman–Crippen MR) is 35.4 cm³/mol. The van der Waals surface area contributed by atoms with Crippen molar-refractivity contribution in [3.05, 3.63) is 0 Å². The molecule has 0 bridgehead atoms. The van der Waals surface area contributed by atoms with Crippen molar-refractivity contribution in [1.82, 2.24) is 10.2 Å². The lowest BCUT2D eigenvalue weighted by molar-refractivity contribution is -0.130. The van der Waals surface area contributed by atoms with Crippen molar-refractivity contribution in [2.24, 2.45) is 5.92 Å². The van der Waals surface area contributed by atoms with Gasteiger partial charge < -0.3 is 0 Å². The summed E-state index contributed by atoms with van der Waals surface area (Å²) >= 11 is 0. The molecule has 3 amide bonds. The Morgan fingerprint density at radius 3 is 2.64 bits per heavy atom. The normalized spacial score (nSPS) is 32.1. The van der Waals surface area contributed by atoms with E-state index in [2.05, 4.69) is 0 Å². The first-order valence-electron chi connectivity index (χ1n) is 3.25. The molecule has 4 nitrogen and oxygen atoms in total. The Morgan fingerprint density at radius 2 is 2.09 bits per heavy atom. The summed E-state index contributed by atoms with van der Waals surface area (Å²) in [5, 5.41) is 2.02. The largest absolute Gasteiger partial charge is 0.326 e. The summed E-state index contributed by atoms with van der Waals surface area (Å²) in [6.07, 6.45) is -1.50. The molecular weight excluding hydrogens is 151 g/mol. The number of rotatable bonds is 0. The van der Waals surface area contributed by atoms with Crippen LogP contribution in [0.2, 0.25) is 0 Å². The van der Waals surface area contributed by atoms with Crippen LogP contribution in [0.4, 0.5) is 9.18 Å². The lowest BCUT2D eigenvalue weighted by Gasteiger charge is -2.30. The van der Waals surface area contributed by atoms with Gasteiger partial charge in [0.1, 0.15) is 0 Å². The number of carbonyl (C=O) groups is 2. The summed E-state index contributed by atoms with van der Waals surface area (Å²) in [7, 11) is 1.31. The molecule has 0 spiro atoms. The lowest BCUT2D eigenvalue weighted by Crippen LogP contribution is -2.56. The maximum Gasteiger partial charge on any atom is 0.326 e. The Hall–Kier alpha value is -1.13. The van der Waals surface area contributed by atoms with E-state index in [4.69, 9.17) is 0 Å². The monoisotopic (exact) mass is 160 g/mol. The van der Waals surface area contributed by atoms with Crippen molar-refractivity contribution in [1.29, 1.82) is 0 Å². The fourth-order valence-electron chi connectivity index (χ4n) is 0.880. The number of nitrogens with one attached hydrogen (secondary N) is 1. The molecule has 0 aromatic carbocycles. The van der Waals surface area contributed by atoms with E-state index in [1.54, 1.807) is 0 Å². The second-order valence-electron chi connectivity index (χ2n) is 2.57. The summed E-state index contributed by atoms with van der Waals surface area (Å²) < 4.78 is 12.9. The lowest BCUT2D eigenvalue weighted by atomic mass is 10.1. The molecule has 5 heteroatoms. The number of halogens is 1. The highest BCUT2D eigenvalue weighted by Crippen LogP contribution is 2.15. The van der Waals surface area contributed by atoms with Gasteiger partial charge in [0.05, 0.1) is 5.92 Å². The fraction of sp³-hybridized carbons (Fsp3) is 0.667. The first-order chi connectivity index (χ1) is 5.04. The van der Waals surface area contributed by atoms with E-state index < -0.39 is 24.2 Å². The molecule has 0 aliphatic carbocycles. The molecule has 1 heterocycles. The second-order valence-corrected chi connectivity index (χ2v) is 2.57. The standard InChI is InChI=1S/C6H9FN2O2/c1-3-4(7)9(2)6(11)8-5(3)10/h3-4H,1-2H3,(H,8,10,11). The van der Waals surface area contributed by atoms with Gasteiger partial charge in [0, 0.05) is 7.05 Å². The van der Waals surface area contributed by atoms with Crippen LogP contribution in [0, 0.1) is 5.92 Å². The minimum absolute atomic E-state index is 0.555. The van der Waals surface area contributed by atoms with Crippen molar-refractivity contribution in [2.45, 2.75) is 13.2 Å². The third-order valence-corrected chi connectivity index (χ3v) is 1.75. The Kier molecular flexibility index (Phi) is 1.80. The van der Waals surface area contributed by atoms with Crippen LogP contribution in [0.15, 0.2) is 0 Å². The van der Waals surface area contributed by atoms with Crippen LogP contribution < -0.4 is 5.32 Å². The number of nitrogens with zero attached hydrogens (tertiary/aromatic N) is 1. The minimum atomic E-state index is -1.50. The van der Waals surface area contributed by atoms with Crippen LogP contribution in [0.1, 0.15) is 6.92 Å². The van der Waals surface area contributed by atoms with Gasteiger partial charge in [-0.3, -0.25) is 15.0 Å². The van der Waals surface area contributed by atoms with Gasteiger partial charge in [0.15, 0.2) is 6.30 Å². The molecule has 2 unspecified atom stereocenters. The maximum absolute atomic E-state index is 12.9. The van der Waals surface area contributed by atoms with E-state index in [0.717, 1.165) is 4.90 Å². The van der Waals surface area contributed by atoms with Gasteiger partial charge in [0.25, 0.3) is 0 Å². The third-order valence-electron chi connectivity index (χ3n) is 1.75. The van der Waals surface area contributed by atoms with Crippen molar-refractivity contribution in [3.63, 3.8) is 0 Å². The molecule has 1 fully saturated rings. The molecule has 1 aliphatic heterocycles. The van der Waals surface area contributed by atoms with Gasteiger partial charge in [-0.05, 0) is 6.92 Å². The quantitative estimate of drug-likeness (QED) is 0.511. The first-order valence-corrected chi connectivity index (χ1v) is 3.25.